The van der Waals surface area contributed by atoms with Gasteiger partial charge in [0.2, 0.25) is 5.91 Å². The van der Waals surface area contributed by atoms with Gasteiger partial charge in [0.1, 0.15) is 0 Å². The zero-order valence-corrected chi connectivity index (χ0v) is 7.60. The monoisotopic (exact) mass is 167 g/mol. The molecule has 0 bridgehead atoms. The van der Waals surface area contributed by atoms with E-state index in [1.807, 2.05) is 6.92 Å². The van der Waals surface area contributed by atoms with E-state index in [0.717, 1.165) is 5.70 Å². The van der Waals surface area contributed by atoms with Crippen molar-refractivity contribution in [3.8, 4) is 0 Å². The molecule has 0 spiro atoms. The van der Waals surface area contributed by atoms with Gasteiger partial charge in [-0.1, -0.05) is 6.92 Å². The molecule has 0 saturated carbocycles. The number of allylic oxidation sites excluding steroid dienone is 1. The molecule has 0 aromatic carbocycles. The van der Waals surface area contributed by atoms with Crippen LogP contribution in [-0.2, 0) is 9.59 Å². The van der Waals surface area contributed by atoms with E-state index in [4.69, 9.17) is 0 Å². The molecule has 12 heavy (non-hydrogen) atoms. The third-order valence-electron chi connectivity index (χ3n) is 2.17. The number of Topliss-reactive ketones (excluding diaryl/α,β-unsaturated/α-hetero) is 1. The number of hydrogen-bond donors (Lipinski definition) is 1. The molecule has 0 aromatic rings. The number of ketones is 1. The quantitative estimate of drug-likeness (QED) is 0.667. The molecule has 3 heteroatoms. The van der Waals surface area contributed by atoms with Gasteiger partial charge in [-0.25, -0.2) is 0 Å². The first-order chi connectivity index (χ1) is 5.57. The summed E-state index contributed by atoms with van der Waals surface area (Å²) in [6.45, 7) is 5.18. The summed E-state index contributed by atoms with van der Waals surface area (Å²) in [5, 5.41) is 2.67. The SMILES string of the molecule is CCC1C(=O)NC(C)=C1C(C)=O. The highest BCUT2D eigenvalue weighted by Crippen LogP contribution is 2.24. The minimum absolute atomic E-state index is 0.00213. The summed E-state index contributed by atoms with van der Waals surface area (Å²) in [6, 6.07) is 0. The van der Waals surface area contributed by atoms with Crippen LogP contribution in [0, 0.1) is 5.92 Å². The second-order valence-corrected chi connectivity index (χ2v) is 3.04. The molecule has 1 heterocycles. The zero-order chi connectivity index (χ0) is 9.30. The highest BCUT2D eigenvalue weighted by molar-refractivity contribution is 6.04. The van der Waals surface area contributed by atoms with Crippen molar-refractivity contribution in [2.24, 2.45) is 5.92 Å². The van der Waals surface area contributed by atoms with Gasteiger partial charge in [0, 0.05) is 11.3 Å². The maximum absolute atomic E-state index is 11.2. The molecule has 1 amide bonds. The number of carbonyl (C=O) groups excluding carboxylic acids is 2. The summed E-state index contributed by atoms with van der Waals surface area (Å²) in [5.41, 5.74) is 1.38. The molecule has 0 radical (unpaired) electrons. The summed E-state index contributed by atoms with van der Waals surface area (Å²) < 4.78 is 0. The van der Waals surface area contributed by atoms with E-state index in [-0.39, 0.29) is 17.6 Å². The van der Waals surface area contributed by atoms with E-state index < -0.39 is 0 Å². The zero-order valence-electron chi connectivity index (χ0n) is 7.60. The summed E-state index contributed by atoms with van der Waals surface area (Å²) in [4.78, 5) is 22.3. The molecule has 3 nitrogen and oxygen atoms in total. The molecule has 1 unspecified atom stereocenters. The Kier molecular flexibility index (Phi) is 2.31. The lowest BCUT2D eigenvalue weighted by Crippen LogP contribution is -2.21. The first kappa shape index (κ1) is 8.97. The van der Waals surface area contributed by atoms with Crippen molar-refractivity contribution >= 4 is 11.7 Å². The smallest absolute Gasteiger partial charge is 0.231 e. The fourth-order valence-electron chi connectivity index (χ4n) is 1.63. The highest BCUT2D eigenvalue weighted by atomic mass is 16.2. The first-order valence-corrected chi connectivity index (χ1v) is 4.10. The van der Waals surface area contributed by atoms with Crippen LogP contribution < -0.4 is 5.32 Å². The molecule has 1 atom stereocenters. The van der Waals surface area contributed by atoms with E-state index in [2.05, 4.69) is 5.32 Å². The molecule has 1 rings (SSSR count). The van der Waals surface area contributed by atoms with Crippen molar-refractivity contribution in [2.75, 3.05) is 0 Å². The molecular formula is C9H13NO2. The fourth-order valence-corrected chi connectivity index (χ4v) is 1.63. The lowest BCUT2D eigenvalue weighted by Gasteiger charge is -2.05. The average molecular weight is 167 g/mol. The van der Waals surface area contributed by atoms with E-state index in [1.54, 1.807) is 6.92 Å². The maximum atomic E-state index is 11.2. The fraction of sp³-hybridized carbons (Fsp3) is 0.556. The number of carbonyl (C=O) groups is 2. The molecule has 0 aromatic heterocycles. The Labute approximate surface area is 71.8 Å². The van der Waals surface area contributed by atoms with Gasteiger partial charge in [0.05, 0.1) is 5.92 Å². The normalized spacial score (nSPS) is 22.9. The van der Waals surface area contributed by atoms with Crippen molar-refractivity contribution in [2.45, 2.75) is 27.2 Å². The lowest BCUT2D eigenvalue weighted by molar-refractivity contribution is -0.123. The van der Waals surface area contributed by atoms with Crippen molar-refractivity contribution in [3.05, 3.63) is 11.3 Å². The predicted molar refractivity (Wildman–Crippen MR) is 45.3 cm³/mol. The van der Waals surface area contributed by atoms with Gasteiger partial charge in [-0.2, -0.15) is 0 Å². The van der Waals surface area contributed by atoms with Crippen molar-refractivity contribution in [1.82, 2.24) is 5.32 Å². The molecule has 1 aliphatic rings. The van der Waals surface area contributed by atoms with E-state index in [0.29, 0.717) is 12.0 Å². The van der Waals surface area contributed by atoms with Gasteiger partial charge in [0.15, 0.2) is 5.78 Å². The largest absolute Gasteiger partial charge is 0.329 e. The Balaban J connectivity index is 3.00. The molecule has 0 aliphatic carbocycles. The molecule has 0 fully saturated rings. The molecule has 66 valence electrons. The van der Waals surface area contributed by atoms with Crippen LogP contribution in [0.3, 0.4) is 0 Å². The minimum Gasteiger partial charge on any atom is -0.329 e. The molecule has 1 aliphatic heterocycles. The molecule has 0 saturated heterocycles. The lowest BCUT2D eigenvalue weighted by atomic mass is 9.95. The number of rotatable bonds is 2. The second kappa shape index (κ2) is 3.09. The Morgan fingerprint density at radius 2 is 2.17 bits per heavy atom. The van der Waals surface area contributed by atoms with Crippen LogP contribution in [0.1, 0.15) is 27.2 Å². The predicted octanol–water partition coefficient (Wildman–Crippen LogP) is 1.01. The van der Waals surface area contributed by atoms with E-state index >= 15 is 0 Å². The standard InChI is InChI=1S/C9H13NO2/c1-4-7-8(6(3)11)5(2)10-9(7)12/h7H,4H2,1-3H3,(H,10,12). The van der Waals surface area contributed by atoms with Crippen LogP contribution in [0.2, 0.25) is 0 Å². The third kappa shape index (κ3) is 1.26. The topological polar surface area (TPSA) is 46.2 Å². The Morgan fingerprint density at radius 1 is 1.58 bits per heavy atom. The van der Waals surface area contributed by atoms with Crippen LogP contribution in [0.5, 0.6) is 0 Å². The van der Waals surface area contributed by atoms with E-state index in [9.17, 15) is 9.59 Å². The Morgan fingerprint density at radius 3 is 2.50 bits per heavy atom. The Bertz CT molecular complexity index is 266. The van der Waals surface area contributed by atoms with Crippen LogP contribution >= 0.6 is 0 Å². The minimum atomic E-state index is -0.220. The molecular weight excluding hydrogens is 154 g/mol. The molecule has 1 N–H and O–H groups in total. The third-order valence-corrected chi connectivity index (χ3v) is 2.17. The first-order valence-electron chi connectivity index (χ1n) is 4.10. The van der Waals surface area contributed by atoms with Crippen LogP contribution in [0.25, 0.3) is 0 Å². The second-order valence-electron chi connectivity index (χ2n) is 3.04. The van der Waals surface area contributed by atoms with Gasteiger partial charge in [-0.15, -0.1) is 0 Å². The van der Waals surface area contributed by atoms with Gasteiger partial charge in [-0.3, -0.25) is 9.59 Å². The summed E-state index contributed by atoms with van der Waals surface area (Å²) in [7, 11) is 0. The van der Waals surface area contributed by atoms with Gasteiger partial charge >= 0.3 is 0 Å². The van der Waals surface area contributed by atoms with Gasteiger partial charge in [0.25, 0.3) is 0 Å². The van der Waals surface area contributed by atoms with Gasteiger partial charge in [-0.05, 0) is 20.3 Å². The number of hydrogen-bond acceptors (Lipinski definition) is 2. The number of amides is 1. The van der Waals surface area contributed by atoms with Crippen LogP contribution in [0.15, 0.2) is 11.3 Å². The van der Waals surface area contributed by atoms with Crippen molar-refractivity contribution < 1.29 is 9.59 Å². The van der Waals surface area contributed by atoms with Crippen LogP contribution in [-0.4, -0.2) is 11.7 Å². The van der Waals surface area contributed by atoms with E-state index in [1.165, 1.54) is 6.92 Å². The number of nitrogens with one attached hydrogen (secondary N) is 1. The summed E-state index contributed by atoms with van der Waals surface area (Å²) in [6.07, 6.45) is 0.693. The highest BCUT2D eigenvalue weighted by Gasteiger charge is 2.31. The maximum Gasteiger partial charge on any atom is 0.231 e. The van der Waals surface area contributed by atoms with Crippen molar-refractivity contribution in [3.63, 3.8) is 0 Å². The summed E-state index contributed by atoms with van der Waals surface area (Å²) >= 11 is 0. The van der Waals surface area contributed by atoms with Crippen LogP contribution in [0.4, 0.5) is 0 Å². The van der Waals surface area contributed by atoms with Gasteiger partial charge < -0.3 is 5.32 Å². The average Bonchev–Trinajstić information content (AvgIpc) is 2.24. The summed E-state index contributed by atoms with van der Waals surface area (Å²) in [5.74, 6) is -0.264. The van der Waals surface area contributed by atoms with Crippen molar-refractivity contribution in [1.29, 1.82) is 0 Å². The Hall–Kier alpha value is -1.12.